The molecule has 0 saturated heterocycles. The van der Waals surface area contributed by atoms with Crippen LogP contribution in [0.2, 0.25) is 0 Å². The van der Waals surface area contributed by atoms with E-state index in [9.17, 15) is 45.0 Å². The van der Waals surface area contributed by atoms with Crippen LogP contribution >= 0.6 is 0 Å². The van der Waals surface area contributed by atoms with Crippen molar-refractivity contribution in [1.82, 2.24) is 10.6 Å². The van der Waals surface area contributed by atoms with Gasteiger partial charge < -0.3 is 31.7 Å². The van der Waals surface area contributed by atoms with Crippen molar-refractivity contribution in [2.75, 3.05) is 6.54 Å². The van der Waals surface area contributed by atoms with Gasteiger partial charge >= 0.3 is 24.3 Å². The average Bonchev–Trinajstić information content (AvgIpc) is 2.85. The van der Waals surface area contributed by atoms with Gasteiger partial charge in [0.15, 0.2) is 0 Å². The number of halogens is 8. The fourth-order valence-electron chi connectivity index (χ4n) is 2.62. The SMILES string of the molecule is C[C@H](NC[C@@H](O)[C@@H](N)Cc1cc(F)cc(F)c1)C(=O)NCc1ccccc1.O=C(O)C(F)(F)F.O=C(O)C(F)(F)F. The first-order valence-corrected chi connectivity index (χ1v) is 11.3. The zero-order valence-corrected chi connectivity index (χ0v) is 21.1. The number of hydrogen-bond donors (Lipinski definition) is 6. The number of amides is 1. The molecule has 2 aromatic rings. The molecule has 2 rings (SSSR count). The van der Waals surface area contributed by atoms with Crippen molar-refractivity contribution in [3.8, 4) is 0 Å². The second-order valence-electron chi connectivity index (χ2n) is 8.15. The zero-order valence-electron chi connectivity index (χ0n) is 21.1. The molecule has 230 valence electrons. The molecule has 0 unspecified atom stereocenters. The summed E-state index contributed by atoms with van der Waals surface area (Å²) < 4.78 is 89.9. The second-order valence-corrected chi connectivity index (χ2v) is 8.15. The number of carbonyl (C=O) groups excluding carboxylic acids is 1. The molecule has 17 heteroatoms. The van der Waals surface area contributed by atoms with Crippen molar-refractivity contribution in [1.29, 1.82) is 0 Å². The molecule has 3 atom stereocenters. The maximum atomic E-state index is 13.2. The summed E-state index contributed by atoms with van der Waals surface area (Å²) in [5.74, 6) is -7.09. The van der Waals surface area contributed by atoms with E-state index >= 15 is 0 Å². The van der Waals surface area contributed by atoms with Crippen LogP contribution in [0, 0.1) is 11.6 Å². The third-order valence-corrected chi connectivity index (χ3v) is 4.71. The highest BCUT2D eigenvalue weighted by Crippen LogP contribution is 2.14. The highest BCUT2D eigenvalue weighted by atomic mass is 19.4. The minimum atomic E-state index is -5.08. The van der Waals surface area contributed by atoms with Crippen LogP contribution in [0.25, 0.3) is 0 Å². The molecule has 0 radical (unpaired) electrons. The molecule has 0 heterocycles. The van der Waals surface area contributed by atoms with Crippen LogP contribution in [-0.4, -0.2) is 70.3 Å². The largest absolute Gasteiger partial charge is 0.490 e. The summed E-state index contributed by atoms with van der Waals surface area (Å²) >= 11 is 0. The van der Waals surface area contributed by atoms with Crippen molar-refractivity contribution in [2.24, 2.45) is 5.73 Å². The Hall–Kier alpha value is -3.83. The second kappa shape index (κ2) is 17.1. The lowest BCUT2D eigenvalue weighted by Gasteiger charge is -2.22. The third kappa shape index (κ3) is 16.8. The monoisotopic (exact) mass is 605 g/mol. The van der Waals surface area contributed by atoms with E-state index in [4.69, 9.17) is 25.5 Å². The molecule has 41 heavy (non-hydrogen) atoms. The summed E-state index contributed by atoms with van der Waals surface area (Å²) in [7, 11) is 0. The van der Waals surface area contributed by atoms with Gasteiger partial charge in [0.2, 0.25) is 5.91 Å². The Morgan fingerprint density at radius 1 is 0.854 bits per heavy atom. The van der Waals surface area contributed by atoms with Gasteiger partial charge in [-0.1, -0.05) is 30.3 Å². The number of alkyl halides is 6. The lowest BCUT2D eigenvalue weighted by Crippen LogP contribution is -2.49. The number of rotatable bonds is 9. The molecule has 0 saturated carbocycles. The molecule has 0 aromatic heterocycles. The zero-order chi connectivity index (χ0) is 32.0. The lowest BCUT2D eigenvalue weighted by molar-refractivity contribution is -0.193. The number of nitrogens with one attached hydrogen (secondary N) is 2. The van der Waals surface area contributed by atoms with E-state index in [2.05, 4.69) is 10.6 Å². The van der Waals surface area contributed by atoms with Crippen LogP contribution in [0.5, 0.6) is 0 Å². The summed E-state index contributed by atoms with van der Waals surface area (Å²) in [5, 5.41) is 30.1. The first-order valence-electron chi connectivity index (χ1n) is 11.3. The summed E-state index contributed by atoms with van der Waals surface area (Å²) in [6.07, 6.45) is -11.0. The Morgan fingerprint density at radius 2 is 1.29 bits per heavy atom. The van der Waals surface area contributed by atoms with Gasteiger partial charge in [-0.05, 0) is 36.6 Å². The first kappa shape index (κ1) is 37.2. The molecule has 0 fully saturated rings. The first-order chi connectivity index (χ1) is 18.7. The van der Waals surface area contributed by atoms with Crippen LogP contribution < -0.4 is 16.4 Å². The Kier molecular flexibility index (Phi) is 15.5. The van der Waals surface area contributed by atoms with Crippen LogP contribution in [0.1, 0.15) is 18.1 Å². The number of hydrogen-bond acceptors (Lipinski definition) is 6. The van der Waals surface area contributed by atoms with Gasteiger partial charge in [0.05, 0.1) is 12.1 Å². The fourth-order valence-corrected chi connectivity index (χ4v) is 2.62. The van der Waals surface area contributed by atoms with Crippen molar-refractivity contribution in [2.45, 2.75) is 50.4 Å². The van der Waals surface area contributed by atoms with Crippen LogP contribution in [0.15, 0.2) is 48.5 Å². The van der Waals surface area contributed by atoms with Gasteiger partial charge in [-0.2, -0.15) is 26.3 Å². The van der Waals surface area contributed by atoms with E-state index in [1.165, 1.54) is 12.1 Å². The standard InChI is InChI=1S/C20H25F2N3O2.2C2HF3O2/c1-13(20(27)25-11-14-5-3-2-4-6-14)24-12-19(26)18(23)9-15-7-16(21)10-17(22)8-15;2*3-2(4,5)1(6)7/h2-8,10,13,18-19,24,26H,9,11-12,23H2,1H3,(H,25,27);2*(H,6,7)/t13-,18-,19+;;/m0../s1. The molecule has 1 amide bonds. The van der Waals surface area contributed by atoms with Gasteiger partial charge in [0, 0.05) is 25.2 Å². The Balaban J connectivity index is 0.000000941. The normalized spacial score (nSPS) is 13.3. The van der Waals surface area contributed by atoms with E-state index in [0.29, 0.717) is 12.1 Å². The molecular weight excluding hydrogens is 578 g/mol. The van der Waals surface area contributed by atoms with Crippen molar-refractivity contribution >= 4 is 17.8 Å². The molecular formula is C24H27F8N3O6. The van der Waals surface area contributed by atoms with Gasteiger partial charge in [-0.25, -0.2) is 18.4 Å². The molecule has 0 spiro atoms. The number of aliphatic hydroxyl groups excluding tert-OH is 1. The Morgan fingerprint density at radius 3 is 1.71 bits per heavy atom. The molecule has 7 N–H and O–H groups in total. The number of carbonyl (C=O) groups is 3. The lowest BCUT2D eigenvalue weighted by atomic mass is 10.0. The third-order valence-electron chi connectivity index (χ3n) is 4.71. The highest BCUT2D eigenvalue weighted by Gasteiger charge is 2.38. The number of nitrogens with two attached hydrogens (primary N) is 1. The van der Waals surface area contributed by atoms with Crippen molar-refractivity contribution in [3.05, 3.63) is 71.3 Å². The minimum absolute atomic E-state index is 0.0822. The van der Waals surface area contributed by atoms with E-state index < -0.39 is 54.1 Å². The van der Waals surface area contributed by atoms with Crippen LogP contribution in [0.4, 0.5) is 35.1 Å². The van der Waals surface area contributed by atoms with E-state index in [-0.39, 0.29) is 18.9 Å². The maximum Gasteiger partial charge on any atom is 0.490 e. The summed E-state index contributed by atoms with van der Waals surface area (Å²) in [6, 6.07) is 11.4. The highest BCUT2D eigenvalue weighted by molar-refractivity contribution is 5.81. The van der Waals surface area contributed by atoms with Crippen LogP contribution in [-0.2, 0) is 27.3 Å². The van der Waals surface area contributed by atoms with Gasteiger partial charge in [0.1, 0.15) is 11.6 Å². The number of aliphatic carboxylic acids is 2. The van der Waals surface area contributed by atoms with Gasteiger partial charge in [0.25, 0.3) is 0 Å². The van der Waals surface area contributed by atoms with Crippen molar-refractivity contribution in [3.63, 3.8) is 0 Å². The number of carboxylic acid groups (broad SMARTS) is 2. The van der Waals surface area contributed by atoms with Gasteiger partial charge in [-0.3, -0.25) is 4.79 Å². The molecule has 9 nitrogen and oxygen atoms in total. The summed E-state index contributed by atoms with van der Waals surface area (Å²) in [6.45, 7) is 2.18. The average molecular weight is 605 g/mol. The molecule has 0 aliphatic carbocycles. The molecule has 0 bridgehead atoms. The minimum Gasteiger partial charge on any atom is -0.475 e. The number of benzene rings is 2. The molecule has 2 aromatic carbocycles. The maximum absolute atomic E-state index is 13.2. The molecule has 0 aliphatic heterocycles. The van der Waals surface area contributed by atoms with Gasteiger partial charge in [-0.15, -0.1) is 0 Å². The summed E-state index contributed by atoms with van der Waals surface area (Å²) in [5.41, 5.74) is 7.27. The van der Waals surface area contributed by atoms with E-state index in [1.807, 2.05) is 30.3 Å². The summed E-state index contributed by atoms with van der Waals surface area (Å²) in [4.78, 5) is 29.9. The predicted octanol–water partition coefficient (Wildman–Crippen LogP) is 2.76. The number of aliphatic hydroxyl groups is 1. The Bertz CT molecular complexity index is 1070. The quantitative estimate of drug-likeness (QED) is 0.238. The van der Waals surface area contributed by atoms with E-state index in [1.54, 1.807) is 6.92 Å². The van der Waals surface area contributed by atoms with Crippen molar-refractivity contribution < 1.29 is 64.8 Å². The topological polar surface area (TPSA) is 162 Å². The van der Waals surface area contributed by atoms with Crippen LogP contribution in [0.3, 0.4) is 0 Å². The van der Waals surface area contributed by atoms with E-state index in [0.717, 1.165) is 11.6 Å². The molecule has 0 aliphatic rings. The number of carboxylic acids is 2. The smallest absolute Gasteiger partial charge is 0.475 e. The fraction of sp³-hybridized carbons (Fsp3) is 0.375. The Labute approximate surface area is 228 Å². The predicted molar refractivity (Wildman–Crippen MR) is 127 cm³/mol.